The molecule has 1 N–H and O–H groups in total. The SMILES string of the molecule is CCCC1CCCN(C2COc3cc(O)ccc32)CC1. The molecule has 0 spiro atoms. The fourth-order valence-corrected chi connectivity index (χ4v) is 3.68. The zero-order valence-electron chi connectivity index (χ0n) is 12.3. The minimum Gasteiger partial charge on any atom is -0.508 e. The van der Waals surface area contributed by atoms with Gasteiger partial charge in [-0.05, 0) is 50.4 Å². The Hall–Kier alpha value is -1.22. The highest BCUT2D eigenvalue weighted by molar-refractivity contribution is 5.44. The van der Waals surface area contributed by atoms with E-state index in [9.17, 15) is 5.11 Å². The van der Waals surface area contributed by atoms with Crippen LogP contribution >= 0.6 is 0 Å². The standard InChI is InChI=1S/C17H25NO2/c1-2-4-13-5-3-9-18(10-8-13)16-12-20-17-11-14(19)6-7-15(16)17/h6-7,11,13,16,19H,2-5,8-10,12H2,1H3. The number of ether oxygens (including phenoxy) is 1. The summed E-state index contributed by atoms with van der Waals surface area (Å²) in [5.41, 5.74) is 1.25. The van der Waals surface area contributed by atoms with Crippen molar-refractivity contribution in [3.63, 3.8) is 0 Å². The molecule has 0 aromatic heterocycles. The second kappa shape index (κ2) is 6.04. The molecule has 0 radical (unpaired) electrons. The molecule has 20 heavy (non-hydrogen) atoms. The van der Waals surface area contributed by atoms with Gasteiger partial charge in [-0.25, -0.2) is 0 Å². The van der Waals surface area contributed by atoms with Crippen LogP contribution in [0.2, 0.25) is 0 Å². The molecule has 0 aliphatic carbocycles. The van der Waals surface area contributed by atoms with E-state index in [1.807, 2.05) is 6.07 Å². The van der Waals surface area contributed by atoms with Gasteiger partial charge in [0.05, 0.1) is 6.04 Å². The van der Waals surface area contributed by atoms with Gasteiger partial charge in [-0.3, -0.25) is 4.90 Å². The van der Waals surface area contributed by atoms with Crippen LogP contribution in [0.5, 0.6) is 11.5 Å². The van der Waals surface area contributed by atoms with Crippen LogP contribution in [-0.2, 0) is 0 Å². The zero-order chi connectivity index (χ0) is 13.9. The topological polar surface area (TPSA) is 32.7 Å². The number of phenols is 1. The van der Waals surface area contributed by atoms with Crippen molar-refractivity contribution in [3.8, 4) is 11.5 Å². The van der Waals surface area contributed by atoms with Gasteiger partial charge in [0.25, 0.3) is 0 Å². The lowest BCUT2D eigenvalue weighted by Gasteiger charge is -2.26. The van der Waals surface area contributed by atoms with E-state index in [-0.39, 0.29) is 0 Å². The molecule has 2 aliphatic heterocycles. The Kier molecular flexibility index (Phi) is 4.16. The first-order valence-electron chi connectivity index (χ1n) is 7.97. The summed E-state index contributed by atoms with van der Waals surface area (Å²) in [6.07, 6.45) is 6.67. The third kappa shape index (κ3) is 2.78. The first-order chi connectivity index (χ1) is 9.78. The number of hydrogen-bond acceptors (Lipinski definition) is 3. The highest BCUT2D eigenvalue weighted by atomic mass is 16.5. The Morgan fingerprint density at radius 1 is 1.30 bits per heavy atom. The molecule has 0 saturated carbocycles. The molecule has 0 amide bonds. The van der Waals surface area contributed by atoms with Gasteiger partial charge in [0.15, 0.2) is 0 Å². The third-order valence-electron chi connectivity index (χ3n) is 4.77. The van der Waals surface area contributed by atoms with Crippen LogP contribution in [0, 0.1) is 5.92 Å². The van der Waals surface area contributed by atoms with Gasteiger partial charge in [-0.2, -0.15) is 0 Å². The first-order valence-corrected chi connectivity index (χ1v) is 7.97. The number of likely N-dealkylation sites (tertiary alicyclic amines) is 1. The second-order valence-corrected chi connectivity index (χ2v) is 6.17. The second-order valence-electron chi connectivity index (χ2n) is 6.17. The molecule has 0 bridgehead atoms. The largest absolute Gasteiger partial charge is 0.508 e. The number of fused-ring (bicyclic) bond motifs is 1. The van der Waals surface area contributed by atoms with Crippen molar-refractivity contribution < 1.29 is 9.84 Å². The van der Waals surface area contributed by atoms with Crippen molar-refractivity contribution in [3.05, 3.63) is 23.8 Å². The van der Waals surface area contributed by atoms with Crippen LogP contribution in [0.15, 0.2) is 18.2 Å². The molecule has 2 heterocycles. The molecule has 2 aliphatic rings. The van der Waals surface area contributed by atoms with E-state index in [4.69, 9.17) is 4.74 Å². The molecule has 2 unspecified atom stereocenters. The number of phenolic OH excluding ortho intramolecular Hbond substituents is 1. The Labute approximate surface area is 121 Å². The molecular formula is C17H25NO2. The molecule has 1 aromatic carbocycles. The van der Waals surface area contributed by atoms with Crippen LogP contribution in [0.4, 0.5) is 0 Å². The Bertz CT molecular complexity index is 460. The van der Waals surface area contributed by atoms with Gasteiger partial charge < -0.3 is 9.84 Å². The highest BCUT2D eigenvalue weighted by Crippen LogP contribution is 2.39. The summed E-state index contributed by atoms with van der Waals surface area (Å²) < 4.78 is 5.76. The molecule has 1 aromatic rings. The lowest BCUT2D eigenvalue weighted by Crippen LogP contribution is -2.30. The highest BCUT2D eigenvalue weighted by Gasteiger charge is 2.31. The van der Waals surface area contributed by atoms with Gasteiger partial charge in [0, 0.05) is 11.6 Å². The lowest BCUT2D eigenvalue weighted by atomic mass is 9.96. The predicted molar refractivity (Wildman–Crippen MR) is 80.2 cm³/mol. The quantitative estimate of drug-likeness (QED) is 0.912. The average molecular weight is 275 g/mol. The molecule has 1 saturated heterocycles. The van der Waals surface area contributed by atoms with Crippen LogP contribution in [-0.4, -0.2) is 29.7 Å². The normalized spacial score (nSPS) is 26.9. The van der Waals surface area contributed by atoms with Gasteiger partial charge >= 0.3 is 0 Å². The number of aromatic hydroxyl groups is 1. The first kappa shape index (κ1) is 13.7. The van der Waals surface area contributed by atoms with Crippen LogP contribution < -0.4 is 4.74 Å². The van der Waals surface area contributed by atoms with Crippen molar-refractivity contribution >= 4 is 0 Å². The average Bonchev–Trinajstić information content (AvgIpc) is 2.71. The van der Waals surface area contributed by atoms with Crippen molar-refractivity contribution in [2.75, 3.05) is 19.7 Å². The summed E-state index contributed by atoms with van der Waals surface area (Å²) in [6.45, 7) is 5.38. The maximum absolute atomic E-state index is 9.54. The lowest BCUT2D eigenvalue weighted by molar-refractivity contribution is 0.166. The van der Waals surface area contributed by atoms with Gasteiger partial charge in [-0.15, -0.1) is 0 Å². The van der Waals surface area contributed by atoms with Crippen molar-refractivity contribution in [2.24, 2.45) is 5.92 Å². The fourth-order valence-electron chi connectivity index (χ4n) is 3.68. The summed E-state index contributed by atoms with van der Waals surface area (Å²) in [5.74, 6) is 2.07. The summed E-state index contributed by atoms with van der Waals surface area (Å²) in [6, 6.07) is 5.92. The minimum absolute atomic E-state index is 0.295. The summed E-state index contributed by atoms with van der Waals surface area (Å²) in [4.78, 5) is 2.58. The Morgan fingerprint density at radius 2 is 2.20 bits per heavy atom. The van der Waals surface area contributed by atoms with E-state index in [2.05, 4.69) is 11.8 Å². The summed E-state index contributed by atoms with van der Waals surface area (Å²) in [5, 5.41) is 9.54. The molecule has 2 atom stereocenters. The van der Waals surface area contributed by atoms with Crippen molar-refractivity contribution in [2.45, 2.75) is 45.1 Å². The van der Waals surface area contributed by atoms with E-state index in [1.54, 1.807) is 12.1 Å². The third-order valence-corrected chi connectivity index (χ3v) is 4.77. The van der Waals surface area contributed by atoms with Gasteiger partial charge in [-0.1, -0.05) is 19.8 Å². The number of hydrogen-bond donors (Lipinski definition) is 1. The fraction of sp³-hybridized carbons (Fsp3) is 0.647. The Balaban J connectivity index is 1.69. The van der Waals surface area contributed by atoms with Crippen LogP contribution in [0.3, 0.4) is 0 Å². The molecule has 3 heteroatoms. The van der Waals surface area contributed by atoms with E-state index in [0.717, 1.165) is 18.3 Å². The monoisotopic (exact) mass is 275 g/mol. The van der Waals surface area contributed by atoms with E-state index >= 15 is 0 Å². The van der Waals surface area contributed by atoms with Crippen LogP contribution in [0.1, 0.15) is 50.6 Å². The molecule has 1 fully saturated rings. The maximum Gasteiger partial charge on any atom is 0.127 e. The number of nitrogens with zero attached hydrogens (tertiary/aromatic N) is 1. The number of benzene rings is 1. The van der Waals surface area contributed by atoms with Gasteiger partial charge in [0.2, 0.25) is 0 Å². The summed E-state index contributed by atoms with van der Waals surface area (Å²) in [7, 11) is 0. The zero-order valence-corrected chi connectivity index (χ0v) is 12.3. The smallest absolute Gasteiger partial charge is 0.127 e. The van der Waals surface area contributed by atoms with Crippen molar-refractivity contribution in [1.29, 1.82) is 0 Å². The van der Waals surface area contributed by atoms with E-state index in [0.29, 0.717) is 11.8 Å². The molecule has 110 valence electrons. The number of rotatable bonds is 3. The maximum atomic E-state index is 9.54. The predicted octanol–water partition coefficient (Wildman–Crippen LogP) is 3.73. The molecule has 3 rings (SSSR count). The Morgan fingerprint density at radius 3 is 3.05 bits per heavy atom. The molecule has 3 nitrogen and oxygen atoms in total. The van der Waals surface area contributed by atoms with E-state index < -0.39 is 0 Å². The van der Waals surface area contributed by atoms with Gasteiger partial charge in [0.1, 0.15) is 18.1 Å². The molecular weight excluding hydrogens is 250 g/mol. The van der Waals surface area contributed by atoms with Crippen molar-refractivity contribution in [1.82, 2.24) is 4.90 Å². The van der Waals surface area contributed by atoms with E-state index in [1.165, 1.54) is 50.8 Å². The minimum atomic E-state index is 0.295. The van der Waals surface area contributed by atoms with Crippen LogP contribution in [0.25, 0.3) is 0 Å². The summed E-state index contributed by atoms with van der Waals surface area (Å²) >= 11 is 0.